The smallest absolute Gasteiger partial charge is 0.229 e. The second-order valence-corrected chi connectivity index (χ2v) is 4.36. The van der Waals surface area contributed by atoms with E-state index < -0.39 is 0 Å². The molecule has 4 heteroatoms. The Morgan fingerprint density at radius 1 is 1.64 bits per heavy atom. The van der Waals surface area contributed by atoms with Gasteiger partial charge in [-0.1, -0.05) is 32.0 Å². The first kappa shape index (κ1) is 11.4. The van der Waals surface area contributed by atoms with Crippen molar-refractivity contribution in [2.24, 2.45) is 17.6 Å². The van der Waals surface area contributed by atoms with Crippen molar-refractivity contribution >= 4 is 23.1 Å². The van der Waals surface area contributed by atoms with E-state index >= 15 is 0 Å². The molecule has 1 unspecified atom stereocenters. The van der Waals surface area contributed by atoms with E-state index in [0.29, 0.717) is 11.4 Å². The third-order valence-corrected chi connectivity index (χ3v) is 2.90. The van der Waals surface area contributed by atoms with Gasteiger partial charge in [0.05, 0.1) is 10.9 Å². The number of thiocarbonyl (C=S) groups is 1. The number of carbonyl (C=O) groups is 1. The number of amides is 1. The Balaban J connectivity index is 2.20. The molecule has 3 N–H and O–H groups in total. The molecule has 0 heterocycles. The average molecular weight is 214 g/mol. The molecule has 0 bridgehead atoms. The molecule has 0 aliphatic heterocycles. The van der Waals surface area contributed by atoms with E-state index in [1.54, 1.807) is 0 Å². The quantitative estimate of drug-likeness (QED) is 0.654. The molecule has 0 aromatic heterocycles. The van der Waals surface area contributed by atoms with Gasteiger partial charge in [-0.3, -0.25) is 4.79 Å². The van der Waals surface area contributed by atoms with Crippen LogP contribution >= 0.6 is 12.2 Å². The summed E-state index contributed by atoms with van der Waals surface area (Å²) in [4.78, 5) is 11.8. The standard InChI is InChI=1S/C10H18N2OS/c1-2-8(9(11)14)10(13)12-6-5-7-3-4-7/h7-8H,2-6H2,1H3,(H2,11,14)(H,12,13). The largest absolute Gasteiger partial charge is 0.393 e. The maximum atomic E-state index is 11.5. The lowest BCUT2D eigenvalue weighted by Crippen LogP contribution is -2.38. The van der Waals surface area contributed by atoms with Gasteiger partial charge in [0.1, 0.15) is 0 Å². The van der Waals surface area contributed by atoms with Gasteiger partial charge in [0.15, 0.2) is 0 Å². The van der Waals surface area contributed by atoms with E-state index in [4.69, 9.17) is 18.0 Å². The van der Waals surface area contributed by atoms with E-state index in [9.17, 15) is 4.79 Å². The van der Waals surface area contributed by atoms with Crippen molar-refractivity contribution in [3.05, 3.63) is 0 Å². The third-order valence-electron chi connectivity index (χ3n) is 2.62. The highest BCUT2D eigenvalue weighted by Crippen LogP contribution is 2.31. The van der Waals surface area contributed by atoms with Crippen LogP contribution in [0.1, 0.15) is 32.6 Å². The van der Waals surface area contributed by atoms with Crippen molar-refractivity contribution in [3.63, 3.8) is 0 Å². The van der Waals surface area contributed by atoms with E-state index in [2.05, 4.69) is 5.32 Å². The molecular formula is C10H18N2OS. The first-order chi connectivity index (χ1) is 6.65. The van der Waals surface area contributed by atoms with Crippen molar-refractivity contribution < 1.29 is 4.79 Å². The van der Waals surface area contributed by atoms with E-state index in [-0.39, 0.29) is 11.8 Å². The molecule has 14 heavy (non-hydrogen) atoms. The molecule has 0 saturated heterocycles. The zero-order valence-corrected chi connectivity index (χ0v) is 9.40. The number of hydrogen-bond donors (Lipinski definition) is 2. The summed E-state index contributed by atoms with van der Waals surface area (Å²) in [5, 5.41) is 2.88. The van der Waals surface area contributed by atoms with Gasteiger partial charge in [-0.05, 0) is 18.8 Å². The second-order valence-electron chi connectivity index (χ2n) is 3.89. The summed E-state index contributed by atoms with van der Waals surface area (Å²) in [7, 11) is 0. The topological polar surface area (TPSA) is 55.1 Å². The van der Waals surface area contributed by atoms with E-state index in [1.165, 1.54) is 12.8 Å². The summed E-state index contributed by atoms with van der Waals surface area (Å²) in [5.41, 5.74) is 5.46. The Labute approximate surface area is 90.4 Å². The molecule has 1 amide bonds. The molecule has 1 aliphatic rings. The second kappa shape index (κ2) is 5.29. The zero-order valence-electron chi connectivity index (χ0n) is 8.58. The molecule has 1 rings (SSSR count). The minimum absolute atomic E-state index is 0.0133. The van der Waals surface area contributed by atoms with Gasteiger partial charge in [-0.25, -0.2) is 0 Å². The third kappa shape index (κ3) is 3.62. The Hall–Kier alpha value is -0.640. The van der Waals surface area contributed by atoms with Crippen molar-refractivity contribution in [2.45, 2.75) is 32.6 Å². The van der Waals surface area contributed by atoms with Gasteiger partial charge in [0, 0.05) is 6.54 Å². The fraction of sp³-hybridized carbons (Fsp3) is 0.800. The molecule has 0 aromatic rings. The van der Waals surface area contributed by atoms with Gasteiger partial charge in [0.2, 0.25) is 5.91 Å². The lowest BCUT2D eigenvalue weighted by molar-refractivity contribution is -0.123. The van der Waals surface area contributed by atoms with Gasteiger partial charge in [-0.2, -0.15) is 0 Å². The molecule has 0 aromatic carbocycles. The average Bonchev–Trinajstić information content (AvgIpc) is 2.88. The van der Waals surface area contributed by atoms with Crippen LogP contribution in [0.4, 0.5) is 0 Å². The zero-order chi connectivity index (χ0) is 10.6. The van der Waals surface area contributed by atoms with Gasteiger partial charge >= 0.3 is 0 Å². The molecular weight excluding hydrogens is 196 g/mol. The Morgan fingerprint density at radius 2 is 2.29 bits per heavy atom. The summed E-state index contributed by atoms with van der Waals surface area (Å²) in [6.07, 6.45) is 4.43. The van der Waals surface area contributed by atoms with Crippen LogP contribution in [-0.4, -0.2) is 17.4 Å². The van der Waals surface area contributed by atoms with E-state index in [1.807, 2.05) is 6.92 Å². The lowest BCUT2D eigenvalue weighted by atomic mass is 10.1. The molecule has 1 atom stereocenters. The summed E-state index contributed by atoms with van der Waals surface area (Å²) in [6.45, 7) is 2.69. The van der Waals surface area contributed by atoms with Crippen molar-refractivity contribution in [1.82, 2.24) is 5.32 Å². The van der Waals surface area contributed by atoms with E-state index in [0.717, 1.165) is 18.9 Å². The fourth-order valence-corrected chi connectivity index (χ4v) is 1.72. The van der Waals surface area contributed by atoms with Crippen LogP contribution in [0.2, 0.25) is 0 Å². The SMILES string of the molecule is CCC(C(=O)NCCC1CC1)C(N)=S. The molecule has 1 aliphatic carbocycles. The monoisotopic (exact) mass is 214 g/mol. The van der Waals surface area contributed by atoms with Crippen LogP contribution in [0.3, 0.4) is 0 Å². The first-order valence-corrected chi connectivity index (χ1v) is 5.63. The summed E-state index contributed by atoms with van der Waals surface area (Å²) in [6, 6.07) is 0. The normalized spacial score (nSPS) is 17.5. The Morgan fingerprint density at radius 3 is 2.71 bits per heavy atom. The first-order valence-electron chi connectivity index (χ1n) is 5.22. The molecule has 0 spiro atoms. The van der Waals surface area contributed by atoms with Crippen LogP contribution in [-0.2, 0) is 4.79 Å². The number of carbonyl (C=O) groups excluding carboxylic acids is 1. The maximum absolute atomic E-state index is 11.5. The number of nitrogens with one attached hydrogen (secondary N) is 1. The lowest BCUT2D eigenvalue weighted by Gasteiger charge is -2.12. The molecule has 3 nitrogen and oxygen atoms in total. The van der Waals surface area contributed by atoms with Crippen LogP contribution in [0.5, 0.6) is 0 Å². The van der Waals surface area contributed by atoms with Gasteiger partial charge in [-0.15, -0.1) is 0 Å². The highest BCUT2D eigenvalue weighted by molar-refractivity contribution is 7.80. The van der Waals surface area contributed by atoms with Crippen LogP contribution in [0, 0.1) is 11.8 Å². The molecule has 1 fully saturated rings. The van der Waals surface area contributed by atoms with Crippen molar-refractivity contribution in [1.29, 1.82) is 0 Å². The minimum Gasteiger partial charge on any atom is -0.393 e. The fourth-order valence-electron chi connectivity index (χ4n) is 1.45. The summed E-state index contributed by atoms with van der Waals surface area (Å²) < 4.78 is 0. The highest BCUT2D eigenvalue weighted by Gasteiger charge is 2.22. The Kier molecular flexibility index (Phi) is 4.32. The number of hydrogen-bond acceptors (Lipinski definition) is 2. The van der Waals surface area contributed by atoms with Gasteiger partial charge < -0.3 is 11.1 Å². The Bertz CT molecular complexity index is 226. The number of nitrogens with two attached hydrogens (primary N) is 1. The maximum Gasteiger partial charge on any atom is 0.229 e. The summed E-state index contributed by atoms with van der Waals surface area (Å²) >= 11 is 4.82. The predicted molar refractivity (Wildman–Crippen MR) is 60.9 cm³/mol. The van der Waals surface area contributed by atoms with Crippen LogP contribution in [0.25, 0.3) is 0 Å². The predicted octanol–water partition coefficient (Wildman–Crippen LogP) is 1.22. The molecule has 80 valence electrons. The van der Waals surface area contributed by atoms with Crippen LogP contribution < -0.4 is 11.1 Å². The summed E-state index contributed by atoms with van der Waals surface area (Å²) in [5.74, 6) is 0.546. The highest BCUT2D eigenvalue weighted by atomic mass is 32.1. The van der Waals surface area contributed by atoms with Crippen molar-refractivity contribution in [2.75, 3.05) is 6.54 Å². The minimum atomic E-state index is -0.288. The van der Waals surface area contributed by atoms with Crippen LogP contribution in [0.15, 0.2) is 0 Å². The molecule has 0 radical (unpaired) electrons. The van der Waals surface area contributed by atoms with Gasteiger partial charge in [0.25, 0.3) is 0 Å². The molecule has 1 saturated carbocycles. The van der Waals surface area contributed by atoms with Crippen molar-refractivity contribution in [3.8, 4) is 0 Å². The number of rotatable bonds is 6.